The van der Waals surface area contributed by atoms with Crippen molar-refractivity contribution in [2.75, 3.05) is 21.3 Å². The number of carbonyl (C=O) groups excluding carboxylic acids is 1. The number of nitriles is 1. The summed E-state index contributed by atoms with van der Waals surface area (Å²) in [6.45, 7) is 0. The molecule has 3 heterocycles. The van der Waals surface area contributed by atoms with E-state index in [2.05, 4.69) is 16.3 Å². The van der Waals surface area contributed by atoms with Crippen molar-refractivity contribution in [2.24, 2.45) is 5.73 Å². The summed E-state index contributed by atoms with van der Waals surface area (Å²) in [5.74, 6) is 0.394. The third-order valence-corrected chi connectivity index (χ3v) is 6.90. The quantitative estimate of drug-likeness (QED) is 0.259. The maximum absolute atomic E-state index is 12.8. The molecule has 5 rings (SSSR count). The molecular weight excluding hydrogens is 508 g/mol. The molecule has 38 heavy (non-hydrogen) atoms. The molecule has 0 bridgehead atoms. The SMILES string of the molecule is COc1cc(-c2[nH]nc3c2[C@H](c2ccccc2OC(=O)c2cccs2)C(C#N)=C(N)O3)cc(OC)c1OC. The van der Waals surface area contributed by atoms with Crippen LogP contribution in [0.15, 0.2) is 65.4 Å². The van der Waals surface area contributed by atoms with Crippen LogP contribution in [0.25, 0.3) is 11.3 Å². The normalized spacial score (nSPS) is 14.2. The number of benzene rings is 2. The number of nitrogens with one attached hydrogen (secondary N) is 1. The average Bonchev–Trinajstić information content (AvgIpc) is 3.62. The molecule has 0 saturated heterocycles. The lowest BCUT2D eigenvalue weighted by Gasteiger charge is -2.25. The number of H-pyrrole nitrogens is 1. The molecule has 0 amide bonds. The molecule has 2 aromatic heterocycles. The summed E-state index contributed by atoms with van der Waals surface area (Å²) >= 11 is 1.27. The second-order valence-electron chi connectivity index (χ2n) is 8.06. The molecule has 11 heteroatoms. The molecule has 0 saturated carbocycles. The molecular formula is C27H22N4O6S. The first kappa shape index (κ1) is 24.7. The molecule has 1 atom stereocenters. The van der Waals surface area contributed by atoms with Gasteiger partial charge in [0.1, 0.15) is 22.3 Å². The lowest BCUT2D eigenvalue weighted by Crippen LogP contribution is -2.21. The van der Waals surface area contributed by atoms with E-state index in [-0.39, 0.29) is 23.1 Å². The minimum Gasteiger partial charge on any atom is -0.493 e. The van der Waals surface area contributed by atoms with E-state index in [1.165, 1.54) is 32.7 Å². The monoisotopic (exact) mass is 530 g/mol. The van der Waals surface area contributed by atoms with E-state index in [0.29, 0.717) is 44.5 Å². The van der Waals surface area contributed by atoms with Crippen LogP contribution < -0.4 is 29.4 Å². The molecule has 192 valence electrons. The predicted molar refractivity (Wildman–Crippen MR) is 139 cm³/mol. The minimum atomic E-state index is -0.760. The topological polar surface area (TPSA) is 142 Å². The summed E-state index contributed by atoms with van der Waals surface area (Å²) in [6.07, 6.45) is 0. The lowest BCUT2D eigenvalue weighted by molar-refractivity contribution is 0.0738. The van der Waals surface area contributed by atoms with Crippen molar-refractivity contribution in [3.05, 3.63) is 81.4 Å². The summed E-state index contributed by atoms with van der Waals surface area (Å²) in [6, 6.07) is 16.1. The highest BCUT2D eigenvalue weighted by atomic mass is 32.1. The van der Waals surface area contributed by atoms with Crippen molar-refractivity contribution in [1.29, 1.82) is 5.26 Å². The Morgan fingerprint density at radius 1 is 1.08 bits per heavy atom. The smallest absolute Gasteiger partial charge is 0.353 e. The van der Waals surface area contributed by atoms with Gasteiger partial charge < -0.3 is 29.4 Å². The number of hydrogen-bond acceptors (Lipinski definition) is 10. The zero-order chi connectivity index (χ0) is 26.8. The van der Waals surface area contributed by atoms with Crippen LogP contribution in [-0.4, -0.2) is 37.5 Å². The van der Waals surface area contributed by atoms with Gasteiger partial charge >= 0.3 is 5.97 Å². The predicted octanol–water partition coefficient (Wildman–Crippen LogP) is 4.60. The molecule has 10 nitrogen and oxygen atoms in total. The fourth-order valence-electron chi connectivity index (χ4n) is 4.36. The van der Waals surface area contributed by atoms with Crippen LogP contribution in [0.4, 0.5) is 0 Å². The summed E-state index contributed by atoms with van der Waals surface area (Å²) in [5.41, 5.74) is 8.54. The largest absolute Gasteiger partial charge is 0.493 e. The Hall–Kier alpha value is -4.95. The molecule has 0 radical (unpaired) electrons. The first-order valence-corrected chi connectivity index (χ1v) is 12.2. The molecule has 1 aliphatic heterocycles. The van der Waals surface area contributed by atoms with E-state index in [1.807, 2.05) is 0 Å². The van der Waals surface area contributed by atoms with Gasteiger partial charge in [0.05, 0.1) is 38.5 Å². The van der Waals surface area contributed by atoms with Crippen LogP contribution >= 0.6 is 11.3 Å². The van der Waals surface area contributed by atoms with E-state index < -0.39 is 11.9 Å². The number of ether oxygens (including phenoxy) is 5. The van der Waals surface area contributed by atoms with Crippen LogP contribution in [0.2, 0.25) is 0 Å². The fraction of sp³-hybridized carbons (Fsp3) is 0.148. The number of fused-ring (bicyclic) bond motifs is 1. The molecule has 3 N–H and O–H groups in total. The lowest BCUT2D eigenvalue weighted by atomic mass is 9.82. The molecule has 0 fully saturated rings. The fourth-order valence-corrected chi connectivity index (χ4v) is 4.96. The van der Waals surface area contributed by atoms with Crippen molar-refractivity contribution >= 4 is 17.3 Å². The number of aromatic amines is 1. The highest BCUT2D eigenvalue weighted by Crippen LogP contribution is 2.49. The van der Waals surface area contributed by atoms with Gasteiger partial charge in [0, 0.05) is 11.1 Å². The number of rotatable bonds is 7. The van der Waals surface area contributed by atoms with E-state index in [9.17, 15) is 10.1 Å². The number of aromatic nitrogens is 2. The Balaban J connectivity index is 1.69. The average molecular weight is 531 g/mol. The van der Waals surface area contributed by atoms with E-state index in [4.69, 9.17) is 29.4 Å². The second kappa shape index (κ2) is 10.2. The van der Waals surface area contributed by atoms with Gasteiger partial charge in [-0.15, -0.1) is 16.4 Å². The Morgan fingerprint density at radius 2 is 1.82 bits per heavy atom. The number of esters is 1. The molecule has 2 aromatic carbocycles. The van der Waals surface area contributed by atoms with Crippen molar-refractivity contribution < 1.29 is 28.5 Å². The van der Waals surface area contributed by atoms with Crippen molar-refractivity contribution in [1.82, 2.24) is 10.2 Å². The van der Waals surface area contributed by atoms with Gasteiger partial charge in [-0.2, -0.15) is 5.26 Å². The standard InChI is InChI=1S/C27H22N4O6S/c1-33-18-11-14(12-19(34-2)24(18)35-3)23-22-21(16(13-28)25(29)37-26(22)31-30-23)15-7-4-5-8-17(15)36-27(32)20-9-6-10-38-20/h4-12,21H,29H2,1-3H3,(H,30,31)/t21-/m1/s1. The van der Waals surface area contributed by atoms with E-state index in [0.717, 1.165) is 0 Å². The Bertz CT molecular complexity index is 1560. The number of hydrogen-bond donors (Lipinski definition) is 2. The summed E-state index contributed by atoms with van der Waals surface area (Å²) in [5, 5.41) is 19.2. The first-order chi connectivity index (χ1) is 18.5. The number of carbonyl (C=O) groups is 1. The number of nitrogens with zero attached hydrogens (tertiary/aromatic N) is 2. The number of para-hydroxylation sites is 1. The van der Waals surface area contributed by atoms with Crippen molar-refractivity contribution in [3.63, 3.8) is 0 Å². The van der Waals surface area contributed by atoms with Gasteiger partial charge in [0.25, 0.3) is 0 Å². The van der Waals surface area contributed by atoms with Crippen LogP contribution in [-0.2, 0) is 0 Å². The van der Waals surface area contributed by atoms with Crippen LogP contribution in [0, 0.1) is 11.3 Å². The van der Waals surface area contributed by atoms with Gasteiger partial charge in [0.2, 0.25) is 17.5 Å². The van der Waals surface area contributed by atoms with Gasteiger partial charge in [-0.3, -0.25) is 5.10 Å². The zero-order valence-electron chi connectivity index (χ0n) is 20.6. The molecule has 1 aliphatic rings. The second-order valence-corrected chi connectivity index (χ2v) is 9.01. The van der Waals surface area contributed by atoms with E-state index >= 15 is 0 Å². The zero-order valence-corrected chi connectivity index (χ0v) is 21.4. The number of methoxy groups -OCH3 is 3. The Morgan fingerprint density at radius 3 is 2.45 bits per heavy atom. The van der Waals surface area contributed by atoms with Crippen molar-refractivity contribution in [2.45, 2.75) is 5.92 Å². The van der Waals surface area contributed by atoms with Gasteiger partial charge in [-0.05, 0) is 29.6 Å². The summed E-state index contributed by atoms with van der Waals surface area (Å²) < 4.78 is 28.0. The number of allylic oxidation sites excluding steroid dienone is 1. The van der Waals surface area contributed by atoms with Crippen LogP contribution in [0.3, 0.4) is 0 Å². The maximum Gasteiger partial charge on any atom is 0.353 e. The number of thiophene rings is 1. The Labute approximate surface area is 221 Å². The molecule has 0 unspecified atom stereocenters. The summed E-state index contributed by atoms with van der Waals surface area (Å²) in [7, 11) is 4.55. The highest BCUT2D eigenvalue weighted by Gasteiger charge is 2.37. The van der Waals surface area contributed by atoms with Gasteiger partial charge in [-0.1, -0.05) is 24.3 Å². The maximum atomic E-state index is 12.8. The van der Waals surface area contributed by atoms with Crippen LogP contribution in [0.5, 0.6) is 28.9 Å². The minimum absolute atomic E-state index is 0.0904. The number of nitrogens with two attached hydrogens (primary N) is 1. The van der Waals surface area contributed by atoms with Gasteiger partial charge in [0.15, 0.2) is 11.5 Å². The molecule has 0 spiro atoms. The molecule has 4 aromatic rings. The summed E-state index contributed by atoms with van der Waals surface area (Å²) in [4.78, 5) is 13.3. The molecule has 0 aliphatic carbocycles. The third-order valence-electron chi connectivity index (χ3n) is 6.05. The third kappa shape index (κ3) is 4.16. The Kier molecular flexibility index (Phi) is 6.64. The first-order valence-electron chi connectivity index (χ1n) is 11.3. The van der Waals surface area contributed by atoms with Crippen molar-refractivity contribution in [3.8, 4) is 46.2 Å². The van der Waals surface area contributed by atoms with Gasteiger partial charge in [-0.25, -0.2) is 4.79 Å². The van der Waals surface area contributed by atoms with Crippen LogP contribution in [0.1, 0.15) is 26.7 Å². The highest BCUT2D eigenvalue weighted by molar-refractivity contribution is 7.12. The van der Waals surface area contributed by atoms with E-state index in [1.54, 1.807) is 53.9 Å².